The van der Waals surface area contributed by atoms with Crippen molar-refractivity contribution >= 4 is 23.4 Å². The van der Waals surface area contributed by atoms with E-state index in [4.69, 9.17) is 4.74 Å². The molecule has 0 radical (unpaired) electrons. The summed E-state index contributed by atoms with van der Waals surface area (Å²) in [6, 6.07) is 14.1. The highest BCUT2D eigenvalue weighted by Gasteiger charge is 2.16. The van der Waals surface area contributed by atoms with Gasteiger partial charge in [-0.2, -0.15) is 0 Å². The maximum Gasteiger partial charge on any atom is 0.234 e. The normalized spacial score (nSPS) is 10.9. The summed E-state index contributed by atoms with van der Waals surface area (Å²) in [5.74, 6) is 0.968. The average Bonchev–Trinajstić information content (AvgIpc) is 3.09. The van der Waals surface area contributed by atoms with Crippen LogP contribution < -0.4 is 5.32 Å². The molecule has 3 rings (SSSR count). The van der Waals surface area contributed by atoms with Crippen molar-refractivity contribution in [2.45, 2.75) is 32.5 Å². The van der Waals surface area contributed by atoms with Gasteiger partial charge >= 0.3 is 0 Å². The van der Waals surface area contributed by atoms with Gasteiger partial charge in [-0.05, 0) is 38.5 Å². The second-order valence-corrected chi connectivity index (χ2v) is 7.92. The number of aryl methyl sites for hydroxylation is 3. The molecule has 29 heavy (non-hydrogen) atoms. The third kappa shape index (κ3) is 5.46. The van der Waals surface area contributed by atoms with Crippen molar-refractivity contribution in [3.05, 3.63) is 59.2 Å². The van der Waals surface area contributed by atoms with Crippen LogP contribution in [0, 0.1) is 20.8 Å². The molecule has 0 saturated carbocycles. The number of benzene rings is 2. The van der Waals surface area contributed by atoms with E-state index >= 15 is 0 Å². The quantitative estimate of drug-likeness (QED) is 0.562. The molecule has 1 aromatic heterocycles. The van der Waals surface area contributed by atoms with Crippen LogP contribution in [0.25, 0.3) is 11.4 Å². The van der Waals surface area contributed by atoms with Gasteiger partial charge in [-0.3, -0.25) is 9.36 Å². The molecular weight excluding hydrogens is 384 g/mol. The van der Waals surface area contributed by atoms with Crippen LogP contribution in [0.5, 0.6) is 0 Å². The van der Waals surface area contributed by atoms with Crippen molar-refractivity contribution in [3.63, 3.8) is 0 Å². The lowest BCUT2D eigenvalue weighted by atomic mass is 10.1. The number of anilines is 1. The summed E-state index contributed by atoms with van der Waals surface area (Å²) in [6.07, 6.45) is 0. The molecule has 0 aliphatic carbocycles. The Kier molecular flexibility index (Phi) is 7.06. The number of ether oxygens (including phenoxy) is 1. The molecule has 1 N–H and O–H groups in total. The lowest BCUT2D eigenvalue weighted by Gasteiger charge is -2.11. The van der Waals surface area contributed by atoms with E-state index in [2.05, 4.69) is 27.6 Å². The zero-order valence-electron chi connectivity index (χ0n) is 17.2. The monoisotopic (exact) mass is 410 g/mol. The largest absolute Gasteiger partial charge is 0.383 e. The molecule has 0 aliphatic heterocycles. The first-order valence-corrected chi connectivity index (χ1v) is 10.5. The molecule has 0 aliphatic rings. The molecule has 2 aromatic carbocycles. The predicted molar refractivity (Wildman–Crippen MR) is 117 cm³/mol. The summed E-state index contributed by atoms with van der Waals surface area (Å²) < 4.78 is 7.25. The van der Waals surface area contributed by atoms with Gasteiger partial charge in [0, 0.05) is 18.4 Å². The SMILES string of the molecule is COCCn1c(SCC(=O)Nc2ccc(C)cc2C)nnc1-c1cccc(C)c1. The number of nitrogens with one attached hydrogen (secondary N) is 1. The van der Waals surface area contributed by atoms with E-state index in [1.54, 1.807) is 7.11 Å². The number of aromatic nitrogens is 3. The van der Waals surface area contributed by atoms with Crippen molar-refractivity contribution in [1.29, 1.82) is 0 Å². The van der Waals surface area contributed by atoms with Crippen LogP contribution in [0.2, 0.25) is 0 Å². The summed E-state index contributed by atoms with van der Waals surface area (Å²) >= 11 is 1.38. The van der Waals surface area contributed by atoms with Gasteiger partial charge in [0.1, 0.15) is 0 Å². The second-order valence-electron chi connectivity index (χ2n) is 6.98. The van der Waals surface area contributed by atoms with Crippen LogP contribution in [0.3, 0.4) is 0 Å². The van der Waals surface area contributed by atoms with E-state index in [-0.39, 0.29) is 11.7 Å². The fraction of sp³-hybridized carbons (Fsp3) is 0.318. The van der Waals surface area contributed by atoms with Crippen molar-refractivity contribution in [1.82, 2.24) is 14.8 Å². The van der Waals surface area contributed by atoms with Gasteiger partial charge in [-0.15, -0.1) is 10.2 Å². The summed E-state index contributed by atoms with van der Waals surface area (Å²) in [5.41, 5.74) is 5.21. The maximum atomic E-state index is 12.5. The number of carbonyl (C=O) groups excluding carboxylic acids is 1. The van der Waals surface area contributed by atoms with Crippen LogP contribution in [0.15, 0.2) is 47.6 Å². The standard InChI is InChI=1S/C22H26N4O2S/c1-15-6-5-7-18(13-15)21-24-25-22(26(21)10-11-28-4)29-14-20(27)23-19-9-8-16(2)12-17(19)3/h5-9,12-13H,10-11,14H2,1-4H3,(H,23,27). The zero-order chi connectivity index (χ0) is 20.8. The maximum absolute atomic E-state index is 12.5. The number of carbonyl (C=O) groups is 1. The smallest absolute Gasteiger partial charge is 0.234 e. The Balaban J connectivity index is 1.73. The molecule has 0 bridgehead atoms. The molecule has 1 heterocycles. The number of methoxy groups -OCH3 is 1. The highest BCUT2D eigenvalue weighted by atomic mass is 32.2. The molecule has 3 aromatic rings. The summed E-state index contributed by atoms with van der Waals surface area (Å²) in [7, 11) is 1.67. The van der Waals surface area contributed by atoms with Gasteiger partial charge in [0.15, 0.2) is 11.0 Å². The molecule has 0 saturated heterocycles. The molecule has 0 unspecified atom stereocenters. The predicted octanol–water partition coefficient (Wildman–Crippen LogP) is 4.25. The minimum Gasteiger partial charge on any atom is -0.383 e. The van der Waals surface area contributed by atoms with Crippen LogP contribution in [0.1, 0.15) is 16.7 Å². The van der Waals surface area contributed by atoms with Crippen LogP contribution in [-0.4, -0.2) is 40.1 Å². The summed E-state index contributed by atoms with van der Waals surface area (Å²) in [4.78, 5) is 12.5. The highest BCUT2D eigenvalue weighted by Crippen LogP contribution is 2.25. The Bertz CT molecular complexity index is 1000. The van der Waals surface area contributed by atoms with Crippen LogP contribution in [0.4, 0.5) is 5.69 Å². The lowest BCUT2D eigenvalue weighted by molar-refractivity contribution is -0.113. The van der Waals surface area contributed by atoms with Gasteiger partial charge in [0.05, 0.1) is 18.9 Å². The minimum absolute atomic E-state index is 0.0691. The number of hydrogen-bond acceptors (Lipinski definition) is 5. The Labute approximate surface area is 175 Å². The van der Waals surface area contributed by atoms with Gasteiger partial charge in [0.25, 0.3) is 0 Å². The molecule has 0 spiro atoms. The summed E-state index contributed by atoms with van der Waals surface area (Å²) in [6.45, 7) is 7.23. The topological polar surface area (TPSA) is 69.0 Å². The second kappa shape index (κ2) is 9.71. The molecule has 7 heteroatoms. The van der Waals surface area contributed by atoms with Gasteiger partial charge in [-0.25, -0.2) is 0 Å². The fourth-order valence-electron chi connectivity index (χ4n) is 3.05. The van der Waals surface area contributed by atoms with Crippen molar-refractivity contribution < 1.29 is 9.53 Å². The Morgan fingerprint density at radius 2 is 1.90 bits per heavy atom. The highest BCUT2D eigenvalue weighted by molar-refractivity contribution is 7.99. The molecule has 1 amide bonds. The Hall–Kier alpha value is -2.64. The van der Waals surface area contributed by atoms with Crippen LogP contribution >= 0.6 is 11.8 Å². The molecule has 0 fully saturated rings. The van der Waals surface area contributed by atoms with E-state index in [1.807, 2.05) is 55.7 Å². The molecule has 0 atom stereocenters. The van der Waals surface area contributed by atoms with Crippen molar-refractivity contribution in [3.8, 4) is 11.4 Å². The Morgan fingerprint density at radius 1 is 1.10 bits per heavy atom. The number of amides is 1. The third-order valence-electron chi connectivity index (χ3n) is 4.50. The van der Waals surface area contributed by atoms with Gasteiger partial charge < -0.3 is 10.1 Å². The van der Waals surface area contributed by atoms with E-state index in [0.29, 0.717) is 18.3 Å². The first-order chi connectivity index (χ1) is 14.0. The lowest BCUT2D eigenvalue weighted by Crippen LogP contribution is -2.16. The Morgan fingerprint density at radius 3 is 2.62 bits per heavy atom. The average molecular weight is 411 g/mol. The van der Waals surface area contributed by atoms with Gasteiger partial charge in [0.2, 0.25) is 5.91 Å². The summed E-state index contributed by atoms with van der Waals surface area (Å²) in [5, 5.41) is 12.4. The molecule has 152 valence electrons. The van der Waals surface area contributed by atoms with Gasteiger partial charge in [-0.1, -0.05) is 53.2 Å². The number of hydrogen-bond donors (Lipinski definition) is 1. The number of rotatable bonds is 8. The number of thioether (sulfide) groups is 1. The van der Waals surface area contributed by atoms with E-state index in [0.717, 1.165) is 28.2 Å². The van der Waals surface area contributed by atoms with Crippen molar-refractivity contribution in [2.75, 3.05) is 24.8 Å². The van der Waals surface area contributed by atoms with E-state index in [1.165, 1.54) is 17.3 Å². The third-order valence-corrected chi connectivity index (χ3v) is 5.47. The first-order valence-electron chi connectivity index (χ1n) is 9.47. The first kappa shape index (κ1) is 21.1. The van der Waals surface area contributed by atoms with Crippen LogP contribution in [-0.2, 0) is 16.1 Å². The fourth-order valence-corrected chi connectivity index (χ4v) is 3.81. The van der Waals surface area contributed by atoms with Crippen molar-refractivity contribution in [2.24, 2.45) is 0 Å². The van der Waals surface area contributed by atoms with E-state index < -0.39 is 0 Å². The number of nitrogens with zero attached hydrogens (tertiary/aromatic N) is 3. The molecular formula is C22H26N4O2S. The molecule has 6 nitrogen and oxygen atoms in total. The zero-order valence-corrected chi connectivity index (χ0v) is 18.0. The van der Waals surface area contributed by atoms with E-state index in [9.17, 15) is 4.79 Å². The minimum atomic E-state index is -0.0691.